The van der Waals surface area contributed by atoms with Crippen molar-refractivity contribution in [1.29, 1.82) is 0 Å². The highest BCUT2D eigenvalue weighted by Gasteiger charge is 2.51. The van der Waals surface area contributed by atoms with E-state index in [9.17, 15) is 13.2 Å². The van der Waals surface area contributed by atoms with Gasteiger partial charge in [0.05, 0.1) is 16.9 Å². The van der Waals surface area contributed by atoms with Gasteiger partial charge in [-0.05, 0) is 37.7 Å². The lowest BCUT2D eigenvalue weighted by Crippen LogP contribution is -2.50. The number of sulfone groups is 1. The van der Waals surface area contributed by atoms with Crippen molar-refractivity contribution in [3.8, 4) is 0 Å². The van der Waals surface area contributed by atoms with Gasteiger partial charge in [-0.2, -0.15) is 0 Å². The molecule has 0 radical (unpaired) electrons. The van der Waals surface area contributed by atoms with Crippen LogP contribution in [0.5, 0.6) is 0 Å². The van der Waals surface area contributed by atoms with E-state index in [0.29, 0.717) is 11.5 Å². The summed E-state index contributed by atoms with van der Waals surface area (Å²) in [4.78, 5) is 15.1. The maximum absolute atomic E-state index is 12.8. The molecule has 0 unspecified atom stereocenters. The summed E-state index contributed by atoms with van der Waals surface area (Å²) in [7, 11) is -2.83. The average molecular weight is 362 g/mol. The SMILES string of the molecule is O=C(NC1CCN([C@H]2CCS(=O)(=O)C2)CC1)C1(c2ccccc2)CC1. The number of nitrogens with one attached hydrogen (secondary N) is 1. The second-order valence-electron chi connectivity index (χ2n) is 7.79. The largest absolute Gasteiger partial charge is 0.353 e. The van der Waals surface area contributed by atoms with E-state index in [2.05, 4.69) is 22.3 Å². The molecule has 1 saturated carbocycles. The van der Waals surface area contributed by atoms with Gasteiger partial charge in [0.1, 0.15) is 0 Å². The molecule has 1 aromatic carbocycles. The van der Waals surface area contributed by atoms with Crippen molar-refractivity contribution in [1.82, 2.24) is 10.2 Å². The number of nitrogens with zero attached hydrogens (tertiary/aromatic N) is 1. The fourth-order valence-corrected chi connectivity index (χ4v) is 6.09. The Morgan fingerprint density at radius 2 is 1.76 bits per heavy atom. The summed E-state index contributed by atoms with van der Waals surface area (Å²) in [5.74, 6) is 0.801. The van der Waals surface area contributed by atoms with Gasteiger partial charge < -0.3 is 5.32 Å². The Bertz CT molecular complexity index is 735. The quantitative estimate of drug-likeness (QED) is 0.881. The Kier molecular flexibility index (Phi) is 4.36. The van der Waals surface area contributed by atoms with Gasteiger partial charge in [-0.3, -0.25) is 9.69 Å². The van der Waals surface area contributed by atoms with Crippen LogP contribution in [0.4, 0.5) is 0 Å². The molecule has 4 rings (SSSR count). The van der Waals surface area contributed by atoms with Crippen LogP contribution in [0.15, 0.2) is 30.3 Å². The number of hydrogen-bond acceptors (Lipinski definition) is 4. The number of carbonyl (C=O) groups excluding carboxylic acids is 1. The number of carbonyl (C=O) groups is 1. The number of amides is 1. The van der Waals surface area contributed by atoms with Gasteiger partial charge >= 0.3 is 0 Å². The third-order valence-corrected chi connectivity index (χ3v) is 7.85. The van der Waals surface area contributed by atoms with Crippen molar-refractivity contribution in [2.24, 2.45) is 0 Å². The summed E-state index contributed by atoms with van der Waals surface area (Å²) in [5.41, 5.74) is 0.818. The molecular formula is C19H26N2O3S. The molecule has 0 aromatic heterocycles. The van der Waals surface area contributed by atoms with Gasteiger partial charge in [0.15, 0.2) is 9.84 Å². The summed E-state index contributed by atoms with van der Waals surface area (Å²) in [6, 6.07) is 10.5. The fourth-order valence-electron chi connectivity index (χ4n) is 4.32. The number of benzene rings is 1. The van der Waals surface area contributed by atoms with Crippen LogP contribution in [0.2, 0.25) is 0 Å². The highest BCUT2D eigenvalue weighted by molar-refractivity contribution is 7.91. The van der Waals surface area contributed by atoms with Crippen molar-refractivity contribution < 1.29 is 13.2 Å². The van der Waals surface area contributed by atoms with Gasteiger partial charge in [0, 0.05) is 25.2 Å². The number of likely N-dealkylation sites (tertiary alicyclic amines) is 1. The van der Waals surface area contributed by atoms with Crippen LogP contribution in [0.25, 0.3) is 0 Å². The predicted molar refractivity (Wildman–Crippen MR) is 97.2 cm³/mol. The minimum absolute atomic E-state index is 0.167. The van der Waals surface area contributed by atoms with E-state index in [0.717, 1.165) is 50.8 Å². The molecule has 1 atom stereocenters. The third kappa shape index (κ3) is 3.47. The maximum Gasteiger partial charge on any atom is 0.230 e. The standard InChI is InChI=1S/C19H26N2O3S/c22-18(19(9-10-19)15-4-2-1-3-5-15)20-16-6-11-21(12-7-16)17-8-13-25(23,24)14-17/h1-5,16-17H,6-14H2,(H,20,22)/t17-/m0/s1. The first kappa shape index (κ1) is 17.0. The molecule has 3 fully saturated rings. The molecule has 5 nitrogen and oxygen atoms in total. The minimum atomic E-state index is -2.83. The zero-order valence-electron chi connectivity index (χ0n) is 14.5. The lowest BCUT2D eigenvalue weighted by atomic mass is 9.93. The molecule has 0 bridgehead atoms. The molecule has 6 heteroatoms. The lowest BCUT2D eigenvalue weighted by Gasteiger charge is -2.36. The fraction of sp³-hybridized carbons (Fsp3) is 0.632. The van der Waals surface area contributed by atoms with Crippen LogP contribution in [0, 0.1) is 0 Å². The first-order valence-corrected chi connectivity index (χ1v) is 11.1. The van der Waals surface area contributed by atoms with Crippen molar-refractivity contribution >= 4 is 15.7 Å². The van der Waals surface area contributed by atoms with Crippen LogP contribution in [-0.2, 0) is 20.0 Å². The lowest BCUT2D eigenvalue weighted by molar-refractivity contribution is -0.124. The molecule has 1 amide bonds. The highest BCUT2D eigenvalue weighted by atomic mass is 32.2. The Balaban J connectivity index is 1.31. The molecular weight excluding hydrogens is 336 g/mol. The van der Waals surface area contributed by atoms with Crippen LogP contribution in [-0.4, -0.2) is 55.9 Å². The zero-order valence-corrected chi connectivity index (χ0v) is 15.3. The summed E-state index contributed by atoms with van der Waals surface area (Å²) in [5, 5.41) is 3.26. The molecule has 2 aliphatic heterocycles. The van der Waals surface area contributed by atoms with Crippen LogP contribution < -0.4 is 5.32 Å². The van der Waals surface area contributed by atoms with E-state index in [4.69, 9.17) is 0 Å². The molecule has 3 aliphatic rings. The highest BCUT2D eigenvalue weighted by Crippen LogP contribution is 2.48. The van der Waals surface area contributed by atoms with Crippen molar-refractivity contribution in [3.63, 3.8) is 0 Å². The Morgan fingerprint density at radius 1 is 1.08 bits per heavy atom. The molecule has 1 N–H and O–H groups in total. The van der Waals surface area contributed by atoms with Crippen molar-refractivity contribution in [2.75, 3.05) is 24.6 Å². The molecule has 25 heavy (non-hydrogen) atoms. The summed E-state index contributed by atoms with van der Waals surface area (Å²) >= 11 is 0. The Hall–Kier alpha value is -1.40. The maximum atomic E-state index is 12.8. The van der Waals surface area contributed by atoms with Gasteiger partial charge in [0.25, 0.3) is 0 Å². The van der Waals surface area contributed by atoms with E-state index >= 15 is 0 Å². The first-order chi connectivity index (χ1) is 12.0. The Morgan fingerprint density at radius 3 is 2.32 bits per heavy atom. The number of hydrogen-bond donors (Lipinski definition) is 1. The molecule has 0 spiro atoms. The van der Waals surface area contributed by atoms with E-state index < -0.39 is 9.84 Å². The predicted octanol–water partition coefficient (Wildman–Crippen LogP) is 1.49. The monoisotopic (exact) mass is 362 g/mol. The van der Waals surface area contributed by atoms with Crippen molar-refractivity contribution in [3.05, 3.63) is 35.9 Å². The molecule has 1 aliphatic carbocycles. The smallest absolute Gasteiger partial charge is 0.230 e. The second kappa shape index (κ2) is 6.40. The summed E-state index contributed by atoms with van der Waals surface area (Å²) in [6.45, 7) is 1.76. The average Bonchev–Trinajstić information content (AvgIpc) is 3.35. The van der Waals surface area contributed by atoms with E-state index in [-0.39, 0.29) is 23.4 Å². The van der Waals surface area contributed by atoms with E-state index in [1.807, 2.05) is 18.2 Å². The number of piperidine rings is 1. The molecule has 1 aromatic rings. The third-order valence-electron chi connectivity index (χ3n) is 6.10. The zero-order chi connectivity index (χ0) is 17.5. The van der Waals surface area contributed by atoms with E-state index in [1.165, 1.54) is 0 Å². The van der Waals surface area contributed by atoms with Gasteiger partial charge in [0.2, 0.25) is 5.91 Å². The van der Waals surface area contributed by atoms with Crippen molar-refractivity contribution in [2.45, 2.75) is 49.6 Å². The molecule has 2 saturated heterocycles. The number of rotatable bonds is 4. The Labute approximate surface area is 149 Å². The van der Waals surface area contributed by atoms with Crippen LogP contribution in [0.3, 0.4) is 0 Å². The van der Waals surface area contributed by atoms with Gasteiger partial charge in [-0.25, -0.2) is 8.42 Å². The van der Waals surface area contributed by atoms with Gasteiger partial charge in [-0.1, -0.05) is 30.3 Å². The first-order valence-electron chi connectivity index (χ1n) is 9.29. The molecule has 136 valence electrons. The summed E-state index contributed by atoms with van der Waals surface area (Å²) < 4.78 is 23.3. The van der Waals surface area contributed by atoms with E-state index in [1.54, 1.807) is 0 Å². The van der Waals surface area contributed by atoms with Gasteiger partial charge in [-0.15, -0.1) is 0 Å². The molecule has 2 heterocycles. The summed E-state index contributed by atoms with van der Waals surface area (Å²) in [6.07, 6.45) is 4.44. The van der Waals surface area contributed by atoms with Crippen LogP contribution in [0.1, 0.15) is 37.7 Å². The topological polar surface area (TPSA) is 66.5 Å². The second-order valence-corrected chi connectivity index (χ2v) is 10.0. The normalized spacial score (nSPS) is 28.6. The van der Waals surface area contributed by atoms with Crippen LogP contribution >= 0.6 is 0 Å². The minimum Gasteiger partial charge on any atom is -0.353 e.